The molecule has 0 aliphatic heterocycles. The fourth-order valence-corrected chi connectivity index (χ4v) is 3.08. The second kappa shape index (κ2) is 6.62. The van der Waals surface area contributed by atoms with Crippen molar-refractivity contribution in [2.45, 2.75) is 57.4 Å². The fraction of sp³-hybridized carbons (Fsp3) is 0.500. The van der Waals surface area contributed by atoms with Crippen LogP contribution in [0.15, 0.2) is 28.8 Å². The number of benzene rings is 1. The molecule has 1 aliphatic rings. The van der Waals surface area contributed by atoms with Crippen molar-refractivity contribution in [1.29, 1.82) is 0 Å². The van der Waals surface area contributed by atoms with Gasteiger partial charge in [-0.05, 0) is 24.8 Å². The van der Waals surface area contributed by atoms with Crippen molar-refractivity contribution in [1.82, 2.24) is 10.1 Å². The molecule has 0 atom stereocenters. The van der Waals surface area contributed by atoms with Gasteiger partial charge in [-0.3, -0.25) is 4.79 Å². The van der Waals surface area contributed by atoms with Crippen LogP contribution < -0.4 is 5.73 Å². The van der Waals surface area contributed by atoms with Gasteiger partial charge in [0, 0.05) is 18.4 Å². The second-order valence-corrected chi connectivity index (χ2v) is 6.35. The highest BCUT2D eigenvalue weighted by Crippen LogP contribution is 2.34. The topological polar surface area (TPSA) is 82.0 Å². The highest BCUT2D eigenvalue weighted by molar-refractivity contribution is 5.96. The van der Waals surface area contributed by atoms with E-state index in [4.69, 9.17) is 10.3 Å². The molecule has 2 aromatic rings. The van der Waals surface area contributed by atoms with Gasteiger partial charge in [-0.2, -0.15) is 4.98 Å². The monoisotopic (exact) mass is 313 g/mol. The molecule has 0 unspecified atom stereocenters. The third kappa shape index (κ3) is 3.50. The van der Waals surface area contributed by atoms with Crippen LogP contribution in [0.3, 0.4) is 0 Å². The van der Waals surface area contributed by atoms with Crippen LogP contribution in [-0.4, -0.2) is 15.9 Å². The van der Waals surface area contributed by atoms with E-state index in [1.807, 2.05) is 24.3 Å². The van der Waals surface area contributed by atoms with Gasteiger partial charge in [-0.25, -0.2) is 0 Å². The quantitative estimate of drug-likeness (QED) is 0.828. The largest absolute Gasteiger partial charge is 0.339 e. The first kappa shape index (κ1) is 15.9. The van der Waals surface area contributed by atoms with Gasteiger partial charge in [0.15, 0.2) is 11.6 Å². The van der Waals surface area contributed by atoms with Crippen molar-refractivity contribution in [3.63, 3.8) is 0 Å². The van der Waals surface area contributed by atoms with Crippen LogP contribution in [0.4, 0.5) is 0 Å². The Bertz CT molecular complexity index is 670. The summed E-state index contributed by atoms with van der Waals surface area (Å²) < 4.78 is 5.27. The molecule has 0 spiro atoms. The zero-order valence-corrected chi connectivity index (χ0v) is 13.5. The standard InChI is InChI=1S/C18H23N3O2/c1-2-13-5-7-14(8-6-13)15(22)9-10-16-20-17(21-23-16)18(19)11-3-4-12-18/h5-8H,2-4,9-12,19H2,1H3. The van der Waals surface area contributed by atoms with E-state index >= 15 is 0 Å². The number of carbonyl (C=O) groups is 1. The van der Waals surface area contributed by atoms with E-state index in [1.165, 1.54) is 5.56 Å². The van der Waals surface area contributed by atoms with E-state index in [9.17, 15) is 4.79 Å². The number of nitrogens with zero attached hydrogens (tertiary/aromatic N) is 2. The number of hydrogen-bond donors (Lipinski definition) is 1. The molecule has 2 N–H and O–H groups in total. The molecule has 0 saturated heterocycles. The molecule has 1 saturated carbocycles. The Kier molecular flexibility index (Phi) is 4.57. The molecule has 5 nitrogen and oxygen atoms in total. The number of Topliss-reactive ketones (excluding diaryl/α,β-unsaturated/α-hetero) is 1. The Hall–Kier alpha value is -2.01. The lowest BCUT2D eigenvalue weighted by Crippen LogP contribution is -2.34. The zero-order valence-electron chi connectivity index (χ0n) is 13.5. The van der Waals surface area contributed by atoms with Gasteiger partial charge in [-0.1, -0.05) is 49.2 Å². The predicted octanol–water partition coefficient (Wildman–Crippen LogP) is 3.18. The van der Waals surface area contributed by atoms with Crippen LogP contribution in [0.5, 0.6) is 0 Å². The van der Waals surface area contributed by atoms with Gasteiger partial charge < -0.3 is 10.3 Å². The van der Waals surface area contributed by atoms with E-state index < -0.39 is 5.54 Å². The smallest absolute Gasteiger partial charge is 0.227 e. The van der Waals surface area contributed by atoms with E-state index in [-0.39, 0.29) is 5.78 Å². The van der Waals surface area contributed by atoms with Crippen molar-refractivity contribution < 1.29 is 9.32 Å². The van der Waals surface area contributed by atoms with Crippen LogP contribution in [0.2, 0.25) is 0 Å². The van der Waals surface area contributed by atoms with Gasteiger partial charge in [0.25, 0.3) is 0 Å². The molecule has 1 aliphatic carbocycles. The average molecular weight is 313 g/mol. The number of aryl methyl sites for hydroxylation is 2. The van der Waals surface area contributed by atoms with Crippen LogP contribution in [0.1, 0.15) is 66.7 Å². The van der Waals surface area contributed by atoms with Crippen LogP contribution in [-0.2, 0) is 18.4 Å². The third-order valence-corrected chi connectivity index (χ3v) is 4.66. The molecule has 5 heteroatoms. The van der Waals surface area contributed by atoms with Gasteiger partial charge in [0.2, 0.25) is 5.89 Å². The molecule has 0 radical (unpaired) electrons. The number of hydrogen-bond acceptors (Lipinski definition) is 5. The number of ketones is 1. The normalized spacial score (nSPS) is 16.6. The highest BCUT2D eigenvalue weighted by Gasteiger charge is 2.35. The summed E-state index contributed by atoms with van der Waals surface area (Å²) in [4.78, 5) is 16.6. The van der Waals surface area contributed by atoms with Gasteiger partial charge in [0.1, 0.15) is 0 Å². The number of rotatable bonds is 6. The Morgan fingerprint density at radius 2 is 1.96 bits per heavy atom. The minimum Gasteiger partial charge on any atom is -0.339 e. The fourth-order valence-electron chi connectivity index (χ4n) is 3.08. The summed E-state index contributed by atoms with van der Waals surface area (Å²) in [5.41, 5.74) is 7.83. The molecule has 1 fully saturated rings. The Labute approximate surface area is 136 Å². The molecule has 1 heterocycles. The maximum atomic E-state index is 12.2. The summed E-state index contributed by atoms with van der Waals surface area (Å²) in [5.74, 6) is 1.18. The lowest BCUT2D eigenvalue weighted by Gasteiger charge is -2.17. The summed E-state index contributed by atoms with van der Waals surface area (Å²) in [6.07, 6.45) is 5.80. The van der Waals surface area contributed by atoms with Gasteiger partial charge >= 0.3 is 0 Å². The lowest BCUT2D eigenvalue weighted by molar-refractivity contribution is 0.0979. The molecule has 122 valence electrons. The first-order chi connectivity index (χ1) is 11.1. The van der Waals surface area contributed by atoms with Gasteiger partial charge in [0.05, 0.1) is 5.54 Å². The van der Waals surface area contributed by atoms with Crippen molar-refractivity contribution in [2.24, 2.45) is 5.73 Å². The first-order valence-corrected chi connectivity index (χ1v) is 8.35. The van der Waals surface area contributed by atoms with Crippen molar-refractivity contribution in [3.05, 3.63) is 47.1 Å². The van der Waals surface area contributed by atoms with Crippen molar-refractivity contribution in [2.75, 3.05) is 0 Å². The number of carbonyl (C=O) groups excluding carboxylic acids is 1. The summed E-state index contributed by atoms with van der Waals surface area (Å²) in [5, 5.41) is 4.02. The summed E-state index contributed by atoms with van der Waals surface area (Å²) >= 11 is 0. The third-order valence-electron chi connectivity index (χ3n) is 4.66. The molecule has 1 aromatic heterocycles. The summed E-state index contributed by atoms with van der Waals surface area (Å²) in [6.45, 7) is 2.10. The Morgan fingerprint density at radius 1 is 1.26 bits per heavy atom. The number of aromatic nitrogens is 2. The first-order valence-electron chi connectivity index (χ1n) is 8.35. The molecule has 0 amide bonds. The molecule has 3 rings (SSSR count). The Morgan fingerprint density at radius 3 is 2.61 bits per heavy atom. The zero-order chi connectivity index (χ0) is 16.3. The lowest BCUT2D eigenvalue weighted by atomic mass is 9.98. The molecular formula is C18H23N3O2. The van der Waals surface area contributed by atoms with E-state index in [0.29, 0.717) is 24.6 Å². The summed E-state index contributed by atoms with van der Waals surface area (Å²) in [6, 6.07) is 7.76. The summed E-state index contributed by atoms with van der Waals surface area (Å²) in [7, 11) is 0. The van der Waals surface area contributed by atoms with Gasteiger partial charge in [-0.15, -0.1) is 0 Å². The van der Waals surface area contributed by atoms with Crippen molar-refractivity contribution in [3.8, 4) is 0 Å². The maximum Gasteiger partial charge on any atom is 0.227 e. The molecule has 0 bridgehead atoms. The van der Waals surface area contributed by atoms with E-state index in [0.717, 1.165) is 37.7 Å². The predicted molar refractivity (Wildman–Crippen MR) is 87.1 cm³/mol. The SMILES string of the molecule is CCc1ccc(C(=O)CCc2nc(C3(N)CCCC3)no2)cc1. The minimum absolute atomic E-state index is 0.0933. The molecular weight excluding hydrogens is 290 g/mol. The second-order valence-electron chi connectivity index (χ2n) is 6.35. The average Bonchev–Trinajstić information content (AvgIpc) is 3.22. The Balaban J connectivity index is 1.59. The maximum absolute atomic E-state index is 12.2. The highest BCUT2D eigenvalue weighted by atomic mass is 16.5. The van der Waals surface area contributed by atoms with Crippen LogP contribution in [0.25, 0.3) is 0 Å². The molecule has 23 heavy (non-hydrogen) atoms. The van der Waals surface area contributed by atoms with E-state index in [1.54, 1.807) is 0 Å². The van der Waals surface area contributed by atoms with Crippen LogP contribution in [0, 0.1) is 0 Å². The number of nitrogens with two attached hydrogens (primary N) is 1. The van der Waals surface area contributed by atoms with Crippen molar-refractivity contribution >= 4 is 5.78 Å². The van der Waals surface area contributed by atoms with Crippen LogP contribution >= 0.6 is 0 Å². The van der Waals surface area contributed by atoms with E-state index in [2.05, 4.69) is 17.1 Å². The molecule has 1 aromatic carbocycles. The minimum atomic E-state index is -0.443.